The van der Waals surface area contributed by atoms with Crippen LogP contribution >= 0.6 is 0 Å². The van der Waals surface area contributed by atoms with Crippen molar-refractivity contribution in [1.29, 1.82) is 0 Å². The van der Waals surface area contributed by atoms with Crippen molar-refractivity contribution in [3.63, 3.8) is 0 Å². The van der Waals surface area contributed by atoms with Gasteiger partial charge >= 0.3 is 0 Å². The fraction of sp³-hybridized carbons (Fsp3) is 0.350. The molecule has 2 atom stereocenters. The minimum atomic E-state index is -0.341. The summed E-state index contributed by atoms with van der Waals surface area (Å²) < 4.78 is 16.1. The molecule has 2 aliphatic rings. The number of hydrogen-bond donors (Lipinski definition) is 3. The Kier molecular flexibility index (Phi) is 4.87. The number of rotatable bonds is 5. The average molecular weight is 369 g/mol. The second-order valence-corrected chi connectivity index (χ2v) is 6.65. The van der Waals surface area contributed by atoms with Crippen molar-refractivity contribution in [3.05, 3.63) is 47.5 Å². The van der Waals surface area contributed by atoms with E-state index in [2.05, 4.69) is 28.3 Å². The van der Waals surface area contributed by atoms with Gasteiger partial charge in [0.25, 0.3) is 0 Å². The minimum Gasteiger partial charge on any atom is -0.497 e. The summed E-state index contributed by atoms with van der Waals surface area (Å²) in [5, 5.41) is 2.93. The first kappa shape index (κ1) is 17.6. The maximum absolute atomic E-state index is 12.7. The number of ether oxygens (including phenoxy) is 3. The molecule has 2 heterocycles. The standard InChI is InChI=1S/C20H23N3O4/c1-25-14-4-5-15(19(10-14)26-2)21-20(24)17-11-16(22-23-17)12-3-6-18-13(9-12)7-8-27-18/h3-6,9-10,16-17,22-23H,7-8,11H2,1-2H3,(H,21,24). The third-order valence-electron chi connectivity index (χ3n) is 5.00. The molecule has 4 rings (SSSR count). The number of hydrazine groups is 1. The second-order valence-electron chi connectivity index (χ2n) is 6.65. The van der Waals surface area contributed by atoms with Gasteiger partial charge in [0, 0.05) is 18.5 Å². The van der Waals surface area contributed by atoms with Gasteiger partial charge in [0.2, 0.25) is 5.91 Å². The topological polar surface area (TPSA) is 80.9 Å². The summed E-state index contributed by atoms with van der Waals surface area (Å²) in [6.07, 6.45) is 1.59. The third kappa shape index (κ3) is 3.56. The maximum Gasteiger partial charge on any atom is 0.243 e. The predicted octanol–water partition coefficient (Wildman–Crippen LogP) is 2.18. The maximum atomic E-state index is 12.7. The Hall–Kier alpha value is -2.77. The quantitative estimate of drug-likeness (QED) is 0.750. The first-order chi connectivity index (χ1) is 13.2. The van der Waals surface area contributed by atoms with Crippen molar-refractivity contribution in [1.82, 2.24) is 10.9 Å². The smallest absolute Gasteiger partial charge is 0.243 e. The second kappa shape index (κ2) is 7.46. The lowest BCUT2D eigenvalue weighted by Crippen LogP contribution is -2.39. The predicted molar refractivity (Wildman–Crippen MR) is 101 cm³/mol. The lowest BCUT2D eigenvalue weighted by Gasteiger charge is -2.14. The van der Waals surface area contributed by atoms with Gasteiger partial charge in [-0.1, -0.05) is 12.1 Å². The highest BCUT2D eigenvalue weighted by molar-refractivity contribution is 5.96. The van der Waals surface area contributed by atoms with Crippen LogP contribution < -0.4 is 30.4 Å². The van der Waals surface area contributed by atoms with Crippen LogP contribution in [0.25, 0.3) is 0 Å². The highest BCUT2D eigenvalue weighted by Gasteiger charge is 2.31. The molecule has 7 nitrogen and oxygen atoms in total. The zero-order valence-electron chi connectivity index (χ0n) is 15.4. The van der Waals surface area contributed by atoms with Crippen LogP contribution in [0.15, 0.2) is 36.4 Å². The van der Waals surface area contributed by atoms with E-state index in [9.17, 15) is 4.79 Å². The van der Waals surface area contributed by atoms with E-state index in [0.29, 0.717) is 23.6 Å². The zero-order valence-corrected chi connectivity index (χ0v) is 15.4. The van der Waals surface area contributed by atoms with Gasteiger partial charge in [-0.2, -0.15) is 0 Å². The highest BCUT2D eigenvalue weighted by Crippen LogP contribution is 2.32. The van der Waals surface area contributed by atoms with Crippen molar-refractivity contribution in [2.45, 2.75) is 24.9 Å². The van der Waals surface area contributed by atoms with Gasteiger partial charge < -0.3 is 19.5 Å². The fourth-order valence-corrected chi connectivity index (χ4v) is 3.49. The molecule has 2 aromatic rings. The Balaban J connectivity index is 1.42. The number of hydrogen-bond acceptors (Lipinski definition) is 6. The Morgan fingerprint density at radius 1 is 1.15 bits per heavy atom. The number of carbonyl (C=O) groups is 1. The average Bonchev–Trinajstić information content (AvgIpc) is 3.37. The number of nitrogens with one attached hydrogen (secondary N) is 3. The van der Waals surface area contributed by atoms with E-state index in [0.717, 1.165) is 24.3 Å². The van der Waals surface area contributed by atoms with Gasteiger partial charge in [0.05, 0.1) is 26.5 Å². The molecule has 1 fully saturated rings. The van der Waals surface area contributed by atoms with Crippen LogP contribution in [-0.2, 0) is 11.2 Å². The van der Waals surface area contributed by atoms with Crippen LogP contribution in [0.4, 0.5) is 5.69 Å². The van der Waals surface area contributed by atoms with Crippen molar-refractivity contribution < 1.29 is 19.0 Å². The lowest BCUT2D eigenvalue weighted by molar-refractivity contribution is -0.117. The summed E-state index contributed by atoms with van der Waals surface area (Å²) in [4.78, 5) is 12.7. The van der Waals surface area contributed by atoms with E-state index in [4.69, 9.17) is 14.2 Å². The zero-order chi connectivity index (χ0) is 18.8. The highest BCUT2D eigenvalue weighted by atomic mass is 16.5. The van der Waals surface area contributed by atoms with Gasteiger partial charge in [-0.3, -0.25) is 4.79 Å². The molecule has 0 aromatic heterocycles. The van der Waals surface area contributed by atoms with Gasteiger partial charge in [-0.15, -0.1) is 0 Å². The summed E-state index contributed by atoms with van der Waals surface area (Å²) >= 11 is 0. The largest absolute Gasteiger partial charge is 0.497 e. The van der Waals surface area contributed by atoms with E-state index < -0.39 is 0 Å². The summed E-state index contributed by atoms with van der Waals surface area (Å²) in [5.74, 6) is 2.08. The SMILES string of the molecule is COc1ccc(NC(=O)C2CC(c3ccc4c(c3)CCO4)NN2)c(OC)c1. The molecular formula is C20H23N3O4. The lowest BCUT2D eigenvalue weighted by atomic mass is 9.99. The van der Waals surface area contributed by atoms with E-state index in [-0.39, 0.29) is 18.0 Å². The normalized spacial score (nSPS) is 20.7. The Morgan fingerprint density at radius 3 is 2.85 bits per heavy atom. The Bertz CT molecular complexity index is 855. The first-order valence-electron chi connectivity index (χ1n) is 8.97. The number of fused-ring (bicyclic) bond motifs is 1. The van der Waals surface area contributed by atoms with E-state index >= 15 is 0 Å². The first-order valence-corrected chi connectivity index (χ1v) is 8.97. The molecule has 0 saturated carbocycles. The third-order valence-corrected chi connectivity index (χ3v) is 5.00. The monoisotopic (exact) mass is 369 g/mol. The van der Waals surface area contributed by atoms with Gasteiger partial charge in [-0.25, -0.2) is 10.9 Å². The molecule has 2 aromatic carbocycles. The molecule has 27 heavy (non-hydrogen) atoms. The molecule has 142 valence electrons. The molecule has 0 bridgehead atoms. The molecule has 7 heteroatoms. The van der Waals surface area contributed by atoms with Crippen LogP contribution in [0.5, 0.6) is 17.2 Å². The van der Waals surface area contributed by atoms with Crippen LogP contribution in [0.2, 0.25) is 0 Å². The van der Waals surface area contributed by atoms with E-state index in [1.54, 1.807) is 32.4 Å². The fourth-order valence-electron chi connectivity index (χ4n) is 3.49. The molecule has 1 saturated heterocycles. The summed E-state index contributed by atoms with van der Waals surface area (Å²) in [5.41, 5.74) is 9.32. The van der Waals surface area contributed by atoms with Gasteiger partial charge in [0.1, 0.15) is 23.3 Å². The minimum absolute atomic E-state index is 0.0735. The van der Waals surface area contributed by atoms with Gasteiger partial charge in [0.15, 0.2) is 0 Å². The summed E-state index contributed by atoms with van der Waals surface area (Å²) in [6, 6.07) is 11.3. The Labute approximate surface area is 158 Å². The van der Waals surface area contributed by atoms with Crippen molar-refractivity contribution in [3.8, 4) is 17.2 Å². The van der Waals surface area contributed by atoms with Crippen molar-refractivity contribution >= 4 is 11.6 Å². The Morgan fingerprint density at radius 2 is 2.04 bits per heavy atom. The van der Waals surface area contributed by atoms with E-state index in [1.807, 2.05) is 6.07 Å². The van der Waals surface area contributed by atoms with Crippen molar-refractivity contribution in [2.24, 2.45) is 0 Å². The molecule has 3 N–H and O–H groups in total. The van der Waals surface area contributed by atoms with Crippen molar-refractivity contribution in [2.75, 3.05) is 26.1 Å². The van der Waals surface area contributed by atoms with Crippen LogP contribution in [-0.4, -0.2) is 32.8 Å². The van der Waals surface area contributed by atoms with Gasteiger partial charge in [-0.05, 0) is 35.7 Å². The van der Waals surface area contributed by atoms with E-state index in [1.165, 1.54) is 5.56 Å². The molecule has 0 aliphatic carbocycles. The molecule has 2 aliphatic heterocycles. The van der Waals surface area contributed by atoms with Crippen LogP contribution in [0, 0.1) is 0 Å². The molecular weight excluding hydrogens is 346 g/mol. The summed E-state index contributed by atoms with van der Waals surface area (Å²) in [6.45, 7) is 0.740. The molecule has 2 unspecified atom stereocenters. The molecule has 0 radical (unpaired) electrons. The molecule has 0 spiro atoms. The molecule has 1 amide bonds. The number of benzene rings is 2. The number of amides is 1. The van der Waals surface area contributed by atoms with Crippen LogP contribution in [0.1, 0.15) is 23.6 Å². The number of carbonyl (C=O) groups excluding carboxylic acids is 1. The number of anilines is 1. The summed E-state index contributed by atoms with van der Waals surface area (Å²) in [7, 11) is 3.15. The number of methoxy groups -OCH3 is 2. The van der Waals surface area contributed by atoms with Crippen LogP contribution in [0.3, 0.4) is 0 Å².